The van der Waals surface area contributed by atoms with Crippen molar-refractivity contribution in [3.05, 3.63) is 72.4 Å². The third-order valence-corrected chi connectivity index (χ3v) is 3.80. The fourth-order valence-electron chi connectivity index (χ4n) is 2.56. The summed E-state index contributed by atoms with van der Waals surface area (Å²) in [4.78, 5) is 8.83. The van der Waals surface area contributed by atoms with Crippen LogP contribution in [0.1, 0.15) is 32.4 Å². The van der Waals surface area contributed by atoms with Crippen molar-refractivity contribution < 1.29 is 4.74 Å². The molecule has 5 heteroatoms. The van der Waals surface area contributed by atoms with Gasteiger partial charge < -0.3 is 15.4 Å². The first kappa shape index (κ1) is 17.7. The minimum absolute atomic E-state index is 0.159. The van der Waals surface area contributed by atoms with Crippen LogP contribution in [-0.2, 0) is 0 Å². The Labute approximate surface area is 154 Å². The average Bonchev–Trinajstić information content (AvgIpc) is 2.64. The molecule has 0 aliphatic heterocycles. The van der Waals surface area contributed by atoms with E-state index in [2.05, 4.69) is 39.7 Å². The van der Waals surface area contributed by atoms with Crippen molar-refractivity contribution >= 4 is 17.5 Å². The molecule has 1 heterocycles. The van der Waals surface area contributed by atoms with Gasteiger partial charge in [0.1, 0.15) is 11.6 Å². The Morgan fingerprint density at radius 3 is 2.31 bits per heavy atom. The summed E-state index contributed by atoms with van der Waals surface area (Å²) in [6.45, 7) is 6.13. The molecule has 2 N–H and O–H groups in total. The largest absolute Gasteiger partial charge is 0.491 e. The SMILES string of the molecule is CC(C)Oc1ccc(Nc2nccc(NC(C)c3ccccc3)n2)cc1. The second-order valence-electron chi connectivity index (χ2n) is 6.36. The molecule has 0 saturated heterocycles. The number of nitrogens with one attached hydrogen (secondary N) is 2. The maximum absolute atomic E-state index is 5.66. The lowest BCUT2D eigenvalue weighted by atomic mass is 10.1. The molecule has 3 rings (SSSR count). The molecule has 0 aliphatic rings. The predicted molar refractivity (Wildman–Crippen MR) is 106 cm³/mol. The third kappa shape index (κ3) is 4.96. The standard InChI is InChI=1S/C21H24N4O/c1-15(2)26-19-11-9-18(10-12-19)24-21-22-14-13-20(25-21)23-16(3)17-7-5-4-6-8-17/h4-16H,1-3H3,(H2,22,23,24,25). The van der Waals surface area contributed by atoms with Crippen LogP contribution in [-0.4, -0.2) is 16.1 Å². The van der Waals surface area contributed by atoms with Crippen LogP contribution in [0.15, 0.2) is 66.9 Å². The Morgan fingerprint density at radius 2 is 1.62 bits per heavy atom. The van der Waals surface area contributed by atoms with E-state index in [0.717, 1.165) is 17.3 Å². The van der Waals surface area contributed by atoms with E-state index < -0.39 is 0 Å². The Hall–Kier alpha value is -3.08. The fourth-order valence-corrected chi connectivity index (χ4v) is 2.56. The second kappa shape index (κ2) is 8.34. The smallest absolute Gasteiger partial charge is 0.229 e. The number of nitrogens with zero attached hydrogens (tertiary/aromatic N) is 2. The molecule has 1 unspecified atom stereocenters. The maximum atomic E-state index is 5.66. The van der Waals surface area contributed by atoms with Crippen LogP contribution >= 0.6 is 0 Å². The molecule has 0 radical (unpaired) electrons. The molecule has 26 heavy (non-hydrogen) atoms. The highest BCUT2D eigenvalue weighted by atomic mass is 16.5. The van der Waals surface area contributed by atoms with Gasteiger partial charge in [0.05, 0.1) is 6.10 Å². The van der Waals surface area contributed by atoms with Crippen LogP contribution in [0.3, 0.4) is 0 Å². The minimum Gasteiger partial charge on any atom is -0.491 e. The first-order chi connectivity index (χ1) is 12.6. The summed E-state index contributed by atoms with van der Waals surface area (Å²) in [6, 6.07) is 20.1. The van der Waals surface area contributed by atoms with Gasteiger partial charge in [-0.2, -0.15) is 4.98 Å². The number of benzene rings is 2. The summed E-state index contributed by atoms with van der Waals surface area (Å²) in [7, 11) is 0. The van der Waals surface area contributed by atoms with Crippen LogP contribution in [0.4, 0.5) is 17.5 Å². The molecular formula is C21H24N4O. The number of anilines is 3. The topological polar surface area (TPSA) is 59.1 Å². The van der Waals surface area contributed by atoms with Crippen molar-refractivity contribution in [2.24, 2.45) is 0 Å². The van der Waals surface area contributed by atoms with Crippen LogP contribution in [0.5, 0.6) is 5.75 Å². The predicted octanol–water partition coefficient (Wildman–Crippen LogP) is 5.18. The van der Waals surface area contributed by atoms with Gasteiger partial charge in [-0.05, 0) is 56.7 Å². The average molecular weight is 348 g/mol. The molecule has 0 saturated carbocycles. The Bertz CT molecular complexity index is 819. The highest BCUT2D eigenvalue weighted by Crippen LogP contribution is 2.21. The van der Waals surface area contributed by atoms with E-state index in [1.165, 1.54) is 5.56 Å². The minimum atomic E-state index is 0.159. The van der Waals surface area contributed by atoms with Gasteiger partial charge >= 0.3 is 0 Å². The fraction of sp³-hybridized carbons (Fsp3) is 0.238. The molecular weight excluding hydrogens is 324 g/mol. The lowest BCUT2D eigenvalue weighted by Crippen LogP contribution is -2.09. The number of hydrogen-bond acceptors (Lipinski definition) is 5. The van der Waals surface area contributed by atoms with Crippen molar-refractivity contribution in [3.63, 3.8) is 0 Å². The van der Waals surface area contributed by atoms with Crippen molar-refractivity contribution in [1.82, 2.24) is 9.97 Å². The Balaban J connectivity index is 1.65. The van der Waals surface area contributed by atoms with Gasteiger partial charge in [-0.25, -0.2) is 4.98 Å². The van der Waals surface area contributed by atoms with E-state index in [9.17, 15) is 0 Å². The van der Waals surface area contributed by atoms with Gasteiger partial charge in [-0.15, -0.1) is 0 Å². The van der Waals surface area contributed by atoms with Gasteiger partial charge in [0, 0.05) is 17.9 Å². The lowest BCUT2D eigenvalue weighted by molar-refractivity contribution is 0.242. The van der Waals surface area contributed by atoms with E-state index in [1.807, 2.05) is 62.4 Å². The molecule has 1 atom stereocenters. The van der Waals surface area contributed by atoms with Crippen molar-refractivity contribution in [2.45, 2.75) is 32.9 Å². The molecule has 0 aliphatic carbocycles. The zero-order valence-corrected chi connectivity index (χ0v) is 15.3. The lowest BCUT2D eigenvalue weighted by Gasteiger charge is -2.15. The number of ether oxygens (including phenoxy) is 1. The highest BCUT2D eigenvalue weighted by Gasteiger charge is 2.07. The molecule has 0 amide bonds. The van der Waals surface area contributed by atoms with Gasteiger partial charge in [0.25, 0.3) is 0 Å². The van der Waals surface area contributed by atoms with E-state index in [0.29, 0.717) is 5.95 Å². The van der Waals surface area contributed by atoms with Crippen LogP contribution in [0, 0.1) is 0 Å². The number of aromatic nitrogens is 2. The first-order valence-corrected chi connectivity index (χ1v) is 8.78. The van der Waals surface area contributed by atoms with Gasteiger partial charge in [0.15, 0.2) is 0 Å². The second-order valence-corrected chi connectivity index (χ2v) is 6.36. The van der Waals surface area contributed by atoms with E-state index in [-0.39, 0.29) is 12.1 Å². The zero-order chi connectivity index (χ0) is 18.4. The van der Waals surface area contributed by atoms with Crippen molar-refractivity contribution in [2.75, 3.05) is 10.6 Å². The maximum Gasteiger partial charge on any atom is 0.229 e. The van der Waals surface area contributed by atoms with Crippen LogP contribution in [0.25, 0.3) is 0 Å². The summed E-state index contributed by atoms with van der Waals surface area (Å²) >= 11 is 0. The van der Waals surface area contributed by atoms with Gasteiger partial charge in [0.2, 0.25) is 5.95 Å². The van der Waals surface area contributed by atoms with E-state index >= 15 is 0 Å². The molecule has 3 aromatic rings. The highest BCUT2D eigenvalue weighted by molar-refractivity contribution is 5.56. The summed E-state index contributed by atoms with van der Waals surface area (Å²) < 4.78 is 5.66. The first-order valence-electron chi connectivity index (χ1n) is 8.78. The monoisotopic (exact) mass is 348 g/mol. The summed E-state index contributed by atoms with van der Waals surface area (Å²) in [5.41, 5.74) is 2.12. The van der Waals surface area contributed by atoms with Crippen molar-refractivity contribution in [1.29, 1.82) is 0 Å². The molecule has 2 aromatic carbocycles. The Kier molecular flexibility index (Phi) is 5.69. The summed E-state index contributed by atoms with van der Waals surface area (Å²) in [6.07, 6.45) is 1.90. The quantitative estimate of drug-likeness (QED) is 0.616. The Morgan fingerprint density at radius 1 is 0.885 bits per heavy atom. The van der Waals surface area contributed by atoms with Crippen LogP contribution < -0.4 is 15.4 Å². The molecule has 0 fully saturated rings. The number of rotatable bonds is 7. The molecule has 5 nitrogen and oxygen atoms in total. The van der Waals surface area contributed by atoms with E-state index in [1.54, 1.807) is 6.20 Å². The molecule has 0 bridgehead atoms. The molecule has 1 aromatic heterocycles. The summed E-state index contributed by atoms with van der Waals surface area (Å²) in [5, 5.41) is 6.62. The molecule has 0 spiro atoms. The van der Waals surface area contributed by atoms with E-state index in [4.69, 9.17) is 4.74 Å². The normalized spacial score (nSPS) is 11.8. The molecule has 134 valence electrons. The van der Waals surface area contributed by atoms with Crippen molar-refractivity contribution in [3.8, 4) is 5.75 Å². The third-order valence-electron chi connectivity index (χ3n) is 3.80. The van der Waals surface area contributed by atoms with Gasteiger partial charge in [-0.1, -0.05) is 30.3 Å². The van der Waals surface area contributed by atoms with Gasteiger partial charge in [-0.3, -0.25) is 0 Å². The van der Waals surface area contributed by atoms with Crippen LogP contribution in [0.2, 0.25) is 0 Å². The zero-order valence-electron chi connectivity index (χ0n) is 15.3. The number of hydrogen-bond donors (Lipinski definition) is 2. The summed E-state index contributed by atoms with van der Waals surface area (Å²) in [5.74, 6) is 2.17.